The number of hydrogen-bond acceptors (Lipinski definition) is 3. The molecule has 0 aliphatic carbocycles. The lowest BCUT2D eigenvalue weighted by molar-refractivity contribution is -0.207. The lowest BCUT2D eigenvalue weighted by Gasteiger charge is -2.22. The Hall–Kier alpha value is -0.980. The summed E-state index contributed by atoms with van der Waals surface area (Å²) >= 11 is 0. The molecule has 0 saturated heterocycles. The van der Waals surface area contributed by atoms with Crippen LogP contribution in [0.3, 0.4) is 0 Å². The summed E-state index contributed by atoms with van der Waals surface area (Å²) in [4.78, 5) is 11.1. The van der Waals surface area contributed by atoms with Gasteiger partial charge < -0.3 is 15.2 Å². The Balaban J connectivity index is 4.28. The third kappa shape index (κ3) is 7.04. The fraction of sp³-hybridized carbons (Fsp3) is 0.900. The summed E-state index contributed by atoms with van der Waals surface area (Å²) in [6, 6.07) is -0.740. The second-order valence-corrected chi connectivity index (χ2v) is 3.64. The molecule has 2 unspecified atom stereocenters. The topological polar surface area (TPSA) is 58.6 Å². The third-order valence-electron chi connectivity index (χ3n) is 2.12. The van der Waals surface area contributed by atoms with Crippen LogP contribution in [-0.4, -0.2) is 36.1 Å². The van der Waals surface area contributed by atoms with E-state index in [1.165, 1.54) is 0 Å². The first-order valence-corrected chi connectivity index (χ1v) is 5.49. The van der Waals surface area contributed by atoms with Gasteiger partial charge in [-0.25, -0.2) is 4.79 Å². The number of carbonyl (C=O) groups excluding carboxylic acids is 1. The Morgan fingerprint density at radius 1 is 1.41 bits per heavy atom. The molecule has 0 aromatic rings. The van der Waals surface area contributed by atoms with Crippen molar-refractivity contribution >= 4 is 6.09 Å². The molecular weight excluding hydrogens is 239 g/mol. The van der Waals surface area contributed by atoms with Gasteiger partial charge in [-0.3, -0.25) is 0 Å². The highest BCUT2D eigenvalue weighted by Crippen LogP contribution is 2.24. The van der Waals surface area contributed by atoms with Crippen molar-refractivity contribution in [3.8, 4) is 0 Å². The first kappa shape index (κ1) is 16.0. The fourth-order valence-corrected chi connectivity index (χ4v) is 1.34. The highest BCUT2D eigenvalue weighted by molar-refractivity contribution is 5.67. The van der Waals surface area contributed by atoms with Crippen LogP contribution in [0.2, 0.25) is 0 Å². The van der Waals surface area contributed by atoms with Gasteiger partial charge in [-0.1, -0.05) is 13.3 Å². The van der Waals surface area contributed by atoms with Gasteiger partial charge in [-0.2, -0.15) is 13.2 Å². The summed E-state index contributed by atoms with van der Waals surface area (Å²) in [7, 11) is 0. The van der Waals surface area contributed by atoms with Crippen LogP contribution in [0.4, 0.5) is 18.0 Å². The maximum Gasteiger partial charge on any atom is 0.414 e. The van der Waals surface area contributed by atoms with Gasteiger partial charge >= 0.3 is 12.3 Å². The molecule has 0 heterocycles. The molecule has 0 aromatic heterocycles. The van der Waals surface area contributed by atoms with Gasteiger partial charge in [-0.15, -0.1) is 0 Å². The van der Waals surface area contributed by atoms with E-state index in [4.69, 9.17) is 5.11 Å². The number of nitrogens with one attached hydrogen (secondary N) is 1. The smallest absolute Gasteiger partial charge is 0.414 e. The van der Waals surface area contributed by atoms with Crippen LogP contribution < -0.4 is 5.32 Å². The minimum Gasteiger partial charge on any atom is -0.450 e. The average Bonchev–Trinajstić information content (AvgIpc) is 2.16. The Bertz CT molecular complexity index is 233. The van der Waals surface area contributed by atoms with Crippen molar-refractivity contribution in [1.29, 1.82) is 0 Å². The van der Waals surface area contributed by atoms with E-state index in [2.05, 4.69) is 10.1 Å². The van der Waals surface area contributed by atoms with Gasteiger partial charge in [0.05, 0.1) is 6.61 Å². The van der Waals surface area contributed by atoms with E-state index in [-0.39, 0.29) is 6.61 Å². The second kappa shape index (κ2) is 7.37. The van der Waals surface area contributed by atoms with E-state index < -0.39 is 30.8 Å². The van der Waals surface area contributed by atoms with Crippen LogP contribution in [0.15, 0.2) is 0 Å². The summed E-state index contributed by atoms with van der Waals surface area (Å²) in [6.45, 7) is 3.52. The van der Waals surface area contributed by atoms with E-state index in [0.717, 1.165) is 0 Å². The molecule has 0 fully saturated rings. The summed E-state index contributed by atoms with van der Waals surface area (Å²) in [6.07, 6.45) is -7.46. The molecule has 17 heavy (non-hydrogen) atoms. The van der Waals surface area contributed by atoms with Gasteiger partial charge in [0, 0.05) is 12.5 Å². The summed E-state index contributed by atoms with van der Waals surface area (Å²) in [5.41, 5.74) is 0. The number of amides is 1. The second-order valence-electron chi connectivity index (χ2n) is 3.64. The monoisotopic (exact) mass is 257 g/mol. The summed E-state index contributed by atoms with van der Waals surface area (Å²) < 4.78 is 41.0. The molecule has 0 aliphatic rings. The van der Waals surface area contributed by atoms with Crippen molar-refractivity contribution in [2.45, 2.75) is 51.4 Å². The maximum atomic E-state index is 12.1. The van der Waals surface area contributed by atoms with Crippen LogP contribution >= 0.6 is 0 Å². The minimum absolute atomic E-state index is 0.145. The molecule has 0 spiro atoms. The number of hydrogen-bond donors (Lipinski definition) is 2. The van der Waals surface area contributed by atoms with Crippen molar-refractivity contribution in [2.24, 2.45) is 0 Å². The predicted octanol–water partition coefficient (Wildman–Crippen LogP) is 2.21. The van der Waals surface area contributed by atoms with Gasteiger partial charge in [0.2, 0.25) is 0 Å². The Morgan fingerprint density at radius 2 is 2.00 bits per heavy atom. The van der Waals surface area contributed by atoms with Gasteiger partial charge in [0.15, 0.2) is 6.10 Å². The molecule has 7 heteroatoms. The Morgan fingerprint density at radius 3 is 2.41 bits per heavy atom. The zero-order chi connectivity index (χ0) is 13.5. The fourth-order valence-electron chi connectivity index (χ4n) is 1.34. The molecule has 2 atom stereocenters. The molecule has 102 valence electrons. The largest absolute Gasteiger partial charge is 0.450 e. The molecule has 0 saturated carbocycles. The molecule has 0 bridgehead atoms. The molecule has 0 aromatic carbocycles. The van der Waals surface area contributed by atoms with Gasteiger partial charge in [0.1, 0.15) is 0 Å². The highest BCUT2D eigenvalue weighted by Gasteiger charge is 2.39. The number of aliphatic hydroxyl groups excluding tert-OH is 1. The number of aliphatic hydroxyl groups is 1. The van der Waals surface area contributed by atoms with E-state index in [1.807, 2.05) is 0 Å². The van der Waals surface area contributed by atoms with Crippen LogP contribution in [0, 0.1) is 0 Å². The zero-order valence-electron chi connectivity index (χ0n) is 9.88. The van der Waals surface area contributed by atoms with Crippen molar-refractivity contribution in [3.05, 3.63) is 0 Å². The lowest BCUT2D eigenvalue weighted by atomic mass is 10.0. The number of rotatable bonds is 6. The standard InChI is InChI=1S/C10H18F3NO3/c1-3-5-7(14-9(16)17-4-2)6-8(15)10(11,12)13/h7-8,15H,3-6H2,1-2H3,(H,14,16). The lowest BCUT2D eigenvalue weighted by Crippen LogP contribution is -2.41. The van der Waals surface area contributed by atoms with Crippen molar-refractivity contribution in [3.63, 3.8) is 0 Å². The molecule has 0 aliphatic heterocycles. The van der Waals surface area contributed by atoms with Gasteiger partial charge in [-0.05, 0) is 13.3 Å². The quantitative estimate of drug-likeness (QED) is 0.767. The number of carbonyl (C=O) groups is 1. The Labute approximate surface area is 98.1 Å². The molecule has 1 amide bonds. The average molecular weight is 257 g/mol. The van der Waals surface area contributed by atoms with Gasteiger partial charge in [0.25, 0.3) is 0 Å². The van der Waals surface area contributed by atoms with Crippen LogP contribution in [-0.2, 0) is 4.74 Å². The van der Waals surface area contributed by atoms with Crippen LogP contribution in [0.1, 0.15) is 33.1 Å². The first-order valence-electron chi connectivity index (χ1n) is 5.49. The maximum absolute atomic E-state index is 12.1. The Kier molecular flexibility index (Phi) is 6.94. The van der Waals surface area contributed by atoms with Crippen molar-refractivity contribution in [1.82, 2.24) is 5.32 Å². The normalized spacial score (nSPS) is 15.2. The van der Waals surface area contributed by atoms with E-state index >= 15 is 0 Å². The summed E-state index contributed by atoms with van der Waals surface area (Å²) in [5.74, 6) is 0. The van der Waals surface area contributed by atoms with Crippen molar-refractivity contribution in [2.75, 3.05) is 6.61 Å². The minimum atomic E-state index is -4.66. The number of halogens is 3. The third-order valence-corrected chi connectivity index (χ3v) is 2.12. The highest BCUT2D eigenvalue weighted by atomic mass is 19.4. The first-order chi connectivity index (χ1) is 7.81. The molecular formula is C10H18F3NO3. The van der Waals surface area contributed by atoms with E-state index in [0.29, 0.717) is 12.8 Å². The summed E-state index contributed by atoms with van der Waals surface area (Å²) in [5, 5.41) is 11.2. The molecule has 4 nitrogen and oxygen atoms in total. The van der Waals surface area contributed by atoms with Crippen LogP contribution in [0.25, 0.3) is 0 Å². The van der Waals surface area contributed by atoms with E-state index in [9.17, 15) is 18.0 Å². The number of alkyl carbamates (subject to hydrolysis) is 1. The SMILES string of the molecule is CCCC(CC(O)C(F)(F)F)NC(=O)OCC. The number of ether oxygens (including phenoxy) is 1. The van der Waals surface area contributed by atoms with E-state index in [1.54, 1.807) is 13.8 Å². The molecule has 0 radical (unpaired) electrons. The molecule has 0 rings (SSSR count). The molecule has 2 N–H and O–H groups in total. The zero-order valence-corrected chi connectivity index (χ0v) is 9.88. The van der Waals surface area contributed by atoms with Crippen molar-refractivity contribution < 1.29 is 27.8 Å². The number of alkyl halides is 3. The predicted molar refractivity (Wildman–Crippen MR) is 55.5 cm³/mol. The van der Waals surface area contributed by atoms with Crippen LogP contribution in [0.5, 0.6) is 0 Å².